The monoisotopic (exact) mass is 248 g/mol. The van der Waals surface area contributed by atoms with E-state index in [1.165, 1.54) is 0 Å². The van der Waals surface area contributed by atoms with Crippen molar-refractivity contribution in [2.24, 2.45) is 0 Å². The topological polar surface area (TPSA) is 86.8 Å². The highest BCUT2D eigenvalue weighted by atomic mass is 16.4. The molecule has 0 fully saturated rings. The number of rotatable bonds is 4. The Bertz CT molecular complexity index is 586. The molecule has 0 spiro atoms. The van der Waals surface area contributed by atoms with E-state index in [2.05, 4.69) is 15.4 Å². The number of fused-ring (bicyclic) bond motifs is 1. The summed E-state index contributed by atoms with van der Waals surface area (Å²) in [5.41, 5.74) is 1.86. The third-order valence-electron chi connectivity index (χ3n) is 3.01. The molecule has 0 aliphatic carbocycles. The molecule has 2 aromatic rings. The molecule has 0 radical (unpaired) electrons. The minimum Gasteiger partial charge on any atom is -0.481 e. The summed E-state index contributed by atoms with van der Waals surface area (Å²) in [6.07, 6.45) is 5.55. The number of hydrogen-bond acceptors (Lipinski definition) is 3. The van der Waals surface area contributed by atoms with Crippen molar-refractivity contribution in [3.63, 3.8) is 0 Å². The maximum absolute atomic E-state index is 10.5. The molecule has 0 atom stereocenters. The highest BCUT2D eigenvalue weighted by Gasteiger charge is 2.25. The SMILES string of the molecule is O=C(O)CCn1cnc(-c2c[nH][n+]3c2NCC3)c1. The molecule has 1 aliphatic heterocycles. The van der Waals surface area contributed by atoms with Gasteiger partial charge in [0.2, 0.25) is 0 Å². The lowest BCUT2D eigenvalue weighted by atomic mass is 10.2. The van der Waals surface area contributed by atoms with E-state index in [9.17, 15) is 4.79 Å². The third kappa shape index (κ3) is 1.83. The quantitative estimate of drug-likeness (QED) is 0.668. The fraction of sp³-hybridized carbons (Fsp3) is 0.364. The zero-order valence-corrected chi connectivity index (χ0v) is 9.76. The molecular weight excluding hydrogens is 234 g/mol. The van der Waals surface area contributed by atoms with E-state index in [4.69, 9.17) is 5.11 Å². The van der Waals surface area contributed by atoms with Gasteiger partial charge in [-0.2, -0.15) is 4.68 Å². The number of aryl methyl sites for hydroxylation is 1. The van der Waals surface area contributed by atoms with Gasteiger partial charge in [0.15, 0.2) is 0 Å². The maximum Gasteiger partial charge on any atom is 0.305 e. The molecule has 18 heavy (non-hydrogen) atoms. The van der Waals surface area contributed by atoms with Crippen molar-refractivity contribution in [2.45, 2.75) is 19.5 Å². The molecule has 0 saturated carbocycles. The van der Waals surface area contributed by atoms with Gasteiger partial charge in [0.25, 0.3) is 0 Å². The molecule has 2 aromatic heterocycles. The number of nitrogens with one attached hydrogen (secondary N) is 2. The lowest BCUT2D eigenvalue weighted by molar-refractivity contribution is -0.725. The molecule has 94 valence electrons. The van der Waals surface area contributed by atoms with Gasteiger partial charge in [0.1, 0.15) is 18.7 Å². The van der Waals surface area contributed by atoms with E-state index >= 15 is 0 Å². The van der Waals surface area contributed by atoms with Crippen molar-refractivity contribution in [2.75, 3.05) is 11.9 Å². The molecule has 1 aliphatic rings. The van der Waals surface area contributed by atoms with Gasteiger partial charge < -0.3 is 9.67 Å². The summed E-state index contributed by atoms with van der Waals surface area (Å²) in [4.78, 5) is 14.8. The Morgan fingerprint density at radius 3 is 3.33 bits per heavy atom. The number of aromatic amines is 1. The first kappa shape index (κ1) is 10.8. The van der Waals surface area contributed by atoms with Crippen LogP contribution in [0, 0.1) is 0 Å². The van der Waals surface area contributed by atoms with Crippen LogP contribution in [0.25, 0.3) is 11.3 Å². The second-order valence-corrected chi connectivity index (χ2v) is 4.25. The molecule has 0 aromatic carbocycles. The van der Waals surface area contributed by atoms with Crippen LogP contribution in [0.1, 0.15) is 6.42 Å². The van der Waals surface area contributed by atoms with Crippen molar-refractivity contribution in [1.82, 2.24) is 14.6 Å². The molecule has 3 rings (SSSR count). The number of carboxylic acid groups (broad SMARTS) is 1. The highest BCUT2D eigenvalue weighted by Crippen LogP contribution is 2.24. The van der Waals surface area contributed by atoms with Crippen LogP contribution in [0.5, 0.6) is 0 Å². The normalized spacial score (nSPS) is 13.3. The largest absolute Gasteiger partial charge is 0.481 e. The summed E-state index contributed by atoms with van der Waals surface area (Å²) in [7, 11) is 0. The summed E-state index contributed by atoms with van der Waals surface area (Å²) in [6, 6.07) is 0. The van der Waals surface area contributed by atoms with E-state index in [1.807, 2.05) is 17.1 Å². The Morgan fingerprint density at radius 1 is 1.61 bits per heavy atom. The maximum atomic E-state index is 10.5. The standard InChI is InChI=1S/C11H13N5O2/c17-10(18)1-3-15-6-9(13-7-15)8-5-14-16-4-2-12-11(8)16/h5-7H,1-4H2,(H2,12,14,17,18)/p+1. The molecule has 0 unspecified atom stereocenters. The lowest BCUT2D eigenvalue weighted by Crippen LogP contribution is -2.32. The minimum absolute atomic E-state index is 0.105. The van der Waals surface area contributed by atoms with Crippen molar-refractivity contribution in [3.05, 3.63) is 18.7 Å². The van der Waals surface area contributed by atoms with Crippen LogP contribution in [0.15, 0.2) is 18.7 Å². The minimum atomic E-state index is -0.801. The van der Waals surface area contributed by atoms with E-state index in [-0.39, 0.29) is 6.42 Å². The number of aliphatic carboxylic acids is 1. The predicted octanol–water partition coefficient (Wildman–Crippen LogP) is 0.0659. The van der Waals surface area contributed by atoms with Gasteiger partial charge in [-0.25, -0.2) is 10.1 Å². The first-order valence-electron chi connectivity index (χ1n) is 5.83. The number of carbonyl (C=O) groups is 1. The number of H-pyrrole nitrogens is 1. The number of nitrogens with zero attached hydrogens (tertiary/aromatic N) is 3. The molecule has 0 bridgehead atoms. The zero-order valence-electron chi connectivity index (χ0n) is 9.76. The summed E-state index contributed by atoms with van der Waals surface area (Å²) in [6.45, 7) is 2.28. The Hall–Kier alpha value is -2.31. The molecular formula is C11H14N5O2+. The Kier molecular flexibility index (Phi) is 2.51. The number of aromatic nitrogens is 4. The van der Waals surface area contributed by atoms with Gasteiger partial charge in [0.05, 0.1) is 24.6 Å². The summed E-state index contributed by atoms with van der Waals surface area (Å²) < 4.78 is 3.83. The average Bonchev–Trinajstić information content (AvgIpc) is 3.01. The second kappa shape index (κ2) is 4.17. The van der Waals surface area contributed by atoms with Crippen LogP contribution >= 0.6 is 0 Å². The summed E-state index contributed by atoms with van der Waals surface area (Å²) in [5, 5.41) is 15.1. The van der Waals surface area contributed by atoms with Crippen LogP contribution in [0.2, 0.25) is 0 Å². The first-order chi connectivity index (χ1) is 8.74. The average molecular weight is 248 g/mol. The summed E-state index contributed by atoms with van der Waals surface area (Å²) >= 11 is 0. The second-order valence-electron chi connectivity index (χ2n) is 4.25. The van der Waals surface area contributed by atoms with Crippen LogP contribution in [-0.4, -0.2) is 32.3 Å². The van der Waals surface area contributed by atoms with Crippen molar-refractivity contribution in [1.29, 1.82) is 0 Å². The van der Waals surface area contributed by atoms with Gasteiger partial charge in [0, 0.05) is 12.7 Å². The molecule has 7 heteroatoms. The van der Waals surface area contributed by atoms with Crippen molar-refractivity contribution >= 4 is 11.8 Å². The Labute approximate surface area is 103 Å². The van der Waals surface area contributed by atoms with Gasteiger partial charge in [-0.3, -0.25) is 10.1 Å². The Balaban J connectivity index is 1.82. The van der Waals surface area contributed by atoms with Crippen LogP contribution in [0.3, 0.4) is 0 Å². The van der Waals surface area contributed by atoms with Gasteiger partial charge >= 0.3 is 11.8 Å². The van der Waals surface area contributed by atoms with Crippen LogP contribution < -0.4 is 10.00 Å². The summed E-state index contributed by atoms with van der Waals surface area (Å²) in [5.74, 6) is 0.239. The molecule has 0 amide bonds. The fourth-order valence-corrected chi connectivity index (χ4v) is 2.12. The number of hydrogen-bond donors (Lipinski definition) is 3. The van der Waals surface area contributed by atoms with Gasteiger partial charge in [-0.05, 0) is 0 Å². The highest BCUT2D eigenvalue weighted by molar-refractivity contribution is 5.69. The Morgan fingerprint density at radius 2 is 2.50 bits per heavy atom. The molecule has 0 saturated heterocycles. The van der Waals surface area contributed by atoms with Gasteiger partial charge in [-0.1, -0.05) is 0 Å². The molecule has 3 N–H and O–H groups in total. The van der Waals surface area contributed by atoms with E-state index in [0.29, 0.717) is 6.54 Å². The fourth-order valence-electron chi connectivity index (χ4n) is 2.12. The van der Waals surface area contributed by atoms with Gasteiger partial charge in [-0.15, -0.1) is 0 Å². The van der Waals surface area contributed by atoms with E-state index in [1.54, 1.807) is 10.9 Å². The van der Waals surface area contributed by atoms with E-state index < -0.39 is 5.97 Å². The predicted molar refractivity (Wildman–Crippen MR) is 63.0 cm³/mol. The third-order valence-corrected chi connectivity index (χ3v) is 3.01. The first-order valence-corrected chi connectivity index (χ1v) is 5.83. The molecule has 7 nitrogen and oxygen atoms in total. The van der Waals surface area contributed by atoms with Crippen LogP contribution in [0.4, 0.5) is 5.82 Å². The van der Waals surface area contributed by atoms with Crippen molar-refractivity contribution < 1.29 is 14.6 Å². The molecule has 3 heterocycles. The van der Waals surface area contributed by atoms with Crippen molar-refractivity contribution in [3.8, 4) is 11.3 Å². The number of anilines is 1. The van der Waals surface area contributed by atoms with Crippen LogP contribution in [-0.2, 0) is 17.9 Å². The number of imidazole rings is 1. The lowest BCUT2D eigenvalue weighted by Gasteiger charge is -1.96. The number of carboxylic acids is 1. The zero-order chi connectivity index (χ0) is 12.5. The smallest absolute Gasteiger partial charge is 0.305 e. The van der Waals surface area contributed by atoms with E-state index in [0.717, 1.165) is 30.2 Å².